The molecular formula is C28H33N7O2. The number of anilines is 4. The number of hydrogen-bond acceptors (Lipinski definition) is 7. The molecule has 0 unspecified atom stereocenters. The number of nitrogens with one attached hydrogen (secondary N) is 2. The van der Waals surface area contributed by atoms with Gasteiger partial charge in [-0.25, -0.2) is 9.97 Å². The Morgan fingerprint density at radius 1 is 0.919 bits per heavy atom. The highest BCUT2D eigenvalue weighted by atomic mass is 16.2. The summed E-state index contributed by atoms with van der Waals surface area (Å²) in [6.07, 6.45) is 3.71. The summed E-state index contributed by atoms with van der Waals surface area (Å²) in [5.41, 5.74) is 4.59. The van der Waals surface area contributed by atoms with Crippen molar-refractivity contribution in [3.8, 4) is 11.3 Å². The molecule has 0 spiro atoms. The number of amides is 2. The largest absolute Gasteiger partial charge is 0.368 e. The summed E-state index contributed by atoms with van der Waals surface area (Å²) in [7, 11) is 3.83. The Hall–Kier alpha value is -3.98. The van der Waals surface area contributed by atoms with E-state index in [1.165, 1.54) is 0 Å². The van der Waals surface area contributed by atoms with Crippen LogP contribution in [0.5, 0.6) is 0 Å². The van der Waals surface area contributed by atoms with Gasteiger partial charge in [0.1, 0.15) is 0 Å². The van der Waals surface area contributed by atoms with Gasteiger partial charge in [0.05, 0.1) is 12.2 Å². The van der Waals surface area contributed by atoms with Crippen LogP contribution in [0.25, 0.3) is 11.3 Å². The molecule has 1 aliphatic carbocycles. The van der Waals surface area contributed by atoms with E-state index in [4.69, 9.17) is 0 Å². The van der Waals surface area contributed by atoms with Gasteiger partial charge in [-0.2, -0.15) is 0 Å². The highest BCUT2D eigenvalue weighted by Crippen LogP contribution is 2.30. The Morgan fingerprint density at radius 3 is 2.24 bits per heavy atom. The minimum atomic E-state index is 0.102. The van der Waals surface area contributed by atoms with Crippen molar-refractivity contribution < 1.29 is 9.59 Å². The molecule has 1 aliphatic heterocycles. The first-order chi connectivity index (χ1) is 17.9. The van der Waals surface area contributed by atoms with Gasteiger partial charge in [0, 0.05) is 60.9 Å². The van der Waals surface area contributed by atoms with Gasteiger partial charge in [-0.15, -0.1) is 0 Å². The number of carbonyl (C=O) groups is 2. The highest BCUT2D eigenvalue weighted by Gasteiger charge is 2.29. The van der Waals surface area contributed by atoms with E-state index in [2.05, 4.69) is 37.6 Å². The highest BCUT2D eigenvalue weighted by molar-refractivity contribution is 5.94. The summed E-state index contributed by atoms with van der Waals surface area (Å²) in [6.45, 7) is 3.57. The lowest BCUT2D eigenvalue weighted by Gasteiger charge is -2.36. The summed E-state index contributed by atoms with van der Waals surface area (Å²) in [4.78, 5) is 39.4. The van der Waals surface area contributed by atoms with Crippen molar-refractivity contribution in [3.63, 3.8) is 0 Å². The van der Waals surface area contributed by atoms with Crippen molar-refractivity contribution in [2.75, 3.05) is 62.4 Å². The van der Waals surface area contributed by atoms with E-state index in [9.17, 15) is 9.59 Å². The topological polar surface area (TPSA) is 93.7 Å². The Labute approximate surface area is 217 Å². The standard InChI is InChI=1S/C28H33N7O2/c1-33(2)19-26(36)35-17-15-34(16-18-35)24-11-9-23(10-12-24)31-28-29-14-13-25(32-28)20-5-7-22(8-6-20)30-27(37)21-3-4-21/h5-14,21H,3-4,15-19H2,1-2H3,(H,30,37)(H,29,31,32). The van der Waals surface area contributed by atoms with Gasteiger partial charge in [-0.3, -0.25) is 9.59 Å². The van der Waals surface area contributed by atoms with E-state index in [1.54, 1.807) is 6.20 Å². The number of piperazine rings is 1. The number of hydrogen-bond donors (Lipinski definition) is 2. The molecule has 3 aromatic rings. The monoisotopic (exact) mass is 499 g/mol. The van der Waals surface area contributed by atoms with Crippen LogP contribution in [0.15, 0.2) is 60.8 Å². The predicted octanol–water partition coefficient (Wildman–Crippen LogP) is 3.45. The lowest BCUT2D eigenvalue weighted by atomic mass is 10.1. The summed E-state index contributed by atoms with van der Waals surface area (Å²) in [6, 6.07) is 17.8. The van der Waals surface area contributed by atoms with Crippen molar-refractivity contribution in [3.05, 3.63) is 60.8 Å². The van der Waals surface area contributed by atoms with Crippen molar-refractivity contribution in [1.82, 2.24) is 19.8 Å². The fourth-order valence-corrected chi connectivity index (χ4v) is 4.36. The minimum absolute atomic E-state index is 0.102. The first-order valence-electron chi connectivity index (χ1n) is 12.7. The van der Waals surface area contributed by atoms with Crippen molar-refractivity contribution in [1.29, 1.82) is 0 Å². The third kappa shape index (κ3) is 6.42. The second-order valence-corrected chi connectivity index (χ2v) is 9.88. The zero-order chi connectivity index (χ0) is 25.8. The third-order valence-corrected chi connectivity index (χ3v) is 6.62. The smallest absolute Gasteiger partial charge is 0.236 e. The molecule has 2 heterocycles. The fourth-order valence-electron chi connectivity index (χ4n) is 4.36. The first-order valence-corrected chi connectivity index (χ1v) is 12.7. The van der Waals surface area contributed by atoms with Crippen molar-refractivity contribution >= 4 is 34.8 Å². The number of rotatable bonds is 8. The van der Waals surface area contributed by atoms with Gasteiger partial charge < -0.3 is 25.3 Å². The van der Waals surface area contributed by atoms with Crippen LogP contribution in [0.2, 0.25) is 0 Å². The molecule has 5 rings (SSSR count). The maximum Gasteiger partial charge on any atom is 0.236 e. The van der Waals surface area contributed by atoms with E-state index in [-0.39, 0.29) is 17.7 Å². The molecule has 0 atom stereocenters. The zero-order valence-corrected chi connectivity index (χ0v) is 21.4. The molecule has 192 valence electrons. The van der Waals surface area contributed by atoms with Crippen LogP contribution in [0.3, 0.4) is 0 Å². The van der Waals surface area contributed by atoms with E-state index in [0.717, 1.165) is 67.3 Å². The van der Waals surface area contributed by atoms with Crippen LogP contribution in [-0.4, -0.2) is 78.4 Å². The molecule has 2 amide bonds. The number of likely N-dealkylation sites (N-methyl/N-ethyl adjacent to an activating group) is 1. The molecule has 1 saturated carbocycles. The Bertz CT molecular complexity index is 1230. The average molecular weight is 500 g/mol. The lowest BCUT2D eigenvalue weighted by Crippen LogP contribution is -2.50. The van der Waals surface area contributed by atoms with Gasteiger partial charge in [0.25, 0.3) is 0 Å². The van der Waals surface area contributed by atoms with Gasteiger partial charge >= 0.3 is 0 Å². The maximum absolute atomic E-state index is 12.3. The van der Waals surface area contributed by atoms with E-state index in [0.29, 0.717) is 12.5 Å². The number of carbonyl (C=O) groups excluding carboxylic acids is 2. The molecule has 2 N–H and O–H groups in total. The van der Waals surface area contributed by atoms with Gasteiger partial charge in [-0.1, -0.05) is 12.1 Å². The molecule has 1 aromatic heterocycles. The van der Waals surface area contributed by atoms with Crippen molar-refractivity contribution in [2.24, 2.45) is 5.92 Å². The molecule has 0 bridgehead atoms. The summed E-state index contributed by atoms with van der Waals surface area (Å²) in [5, 5.41) is 6.25. The first kappa shape index (κ1) is 24.7. The molecule has 9 nitrogen and oxygen atoms in total. The number of aromatic nitrogens is 2. The Kier molecular flexibility index (Phi) is 7.32. The summed E-state index contributed by atoms with van der Waals surface area (Å²) < 4.78 is 0. The second-order valence-electron chi connectivity index (χ2n) is 9.88. The summed E-state index contributed by atoms with van der Waals surface area (Å²) in [5.74, 6) is 0.981. The predicted molar refractivity (Wildman–Crippen MR) is 146 cm³/mol. The zero-order valence-electron chi connectivity index (χ0n) is 21.4. The minimum Gasteiger partial charge on any atom is -0.368 e. The second kappa shape index (κ2) is 11.0. The SMILES string of the molecule is CN(C)CC(=O)N1CCN(c2ccc(Nc3nccc(-c4ccc(NC(=O)C5CC5)cc4)n3)cc2)CC1. The maximum atomic E-state index is 12.3. The normalized spacial score (nSPS) is 15.5. The van der Waals surface area contributed by atoms with Crippen LogP contribution in [0, 0.1) is 5.92 Å². The number of benzene rings is 2. The fraction of sp³-hybridized carbons (Fsp3) is 0.357. The van der Waals surface area contributed by atoms with Gasteiger partial charge in [0.15, 0.2) is 0 Å². The molecule has 2 aromatic carbocycles. The molecule has 37 heavy (non-hydrogen) atoms. The summed E-state index contributed by atoms with van der Waals surface area (Å²) >= 11 is 0. The Morgan fingerprint density at radius 2 is 1.59 bits per heavy atom. The molecule has 2 fully saturated rings. The molecule has 9 heteroatoms. The Balaban J connectivity index is 1.17. The van der Waals surface area contributed by atoms with Crippen LogP contribution in [0.1, 0.15) is 12.8 Å². The number of nitrogens with zero attached hydrogens (tertiary/aromatic N) is 5. The van der Waals surface area contributed by atoms with E-state index in [1.807, 2.05) is 66.4 Å². The third-order valence-electron chi connectivity index (χ3n) is 6.62. The van der Waals surface area contributed by atoms with Crippen LogP contribution in [-0.2, 0) is 9.59 Å². The molecular weight excluding hydrogens is 466 g/mol. The average Bonchev–Trinajstić information content (AvgIpc) is 3.75. The van der Waals surface area contributed by atoms with E-state index >= 15 is 0 Å². The van der Waals surface area contributed by atoms with Crippen LogP contribution < -0.4 is 15.5 Å². The van der Waals surface area contributed by atoms with Crippen LogP contribution in [0.4, 0.5) is 23.0 Å². The molecule has 2 aliphatic rings. The molecule has 1 saturated heterocycles. The van der Waals surface area contributed by atoms with Crippen molar-refractivity contribution in [2.45, 2.75) is 12.8 Å². The lowest BCUT2D eigenvalue weighted by molar-refractivity contribution is -0.132. The van der Waals surface area contributed by atoms with Gasteiger partial charge in [-0.05, 0) is 69.4 Å². The van der Waals surface area contributed by atoms with Crippen LogP contribution >= 0.6 is 0 Å². The quantitative estimate of drug-likeness (QED) is 0.490. The van der Waals surface area contributed by atoms with E-state index < -0.39 is 0 Å². The van der Waals surface area contributed by atoms with Gasteiger partial charge in [0.2, 0.25) is 17.8 Å². The molecule has 0 radical (unpaired) electrons.